The standard InChI is InChI=1S/C32H32N4O2/c33-22-25-14-15-28-29(34-25)10-5-11-30(28)38-31(37)16-17-35-18-20-36(21-19-35)32-26-8-3-1-6-23(26)12-13-24-7-2-4-9-27(24)32/h1-11,14-15,31-32,37H,12-13,16-21H2. The summed E-state index contributed by atoms with van der Waals surface area (Å²) in [5, 5.41) is 20.6. The first-order valence-electron chi connectivity index (χ1n) is 13.5. The predicted octanol–water partition coefficient (Wildman–Crippen LogP) is 4.70. The number of aromatic nitrogens is 1. The van der Waals surface area contributed by atoms with Gasteiger partial charge in [-0.3, -0.25) is 4.90 Å². The van der Waals surface area contributed by atoms with E-state index in [1.807, 2.05) is 24.3 Å². The molecule has 1 N–H and O–H groups in total. The summed E-state index contributed by atoms with van der Waals surface area (Å²) in [5.41, 5.74) is 6.87. The van der Waals surface area contributed by atoms with Crippen molar-refractivity contribution in [3.05, 3.63) is 107 Å². The number of nitrogens with zero attached hydrogens (tertiary/aromatic N) is 4. The van der Waals surface area contributed by atoms with E-state index in [4.69, 9.17) is 10.00 Å². The molecule has 0 spiro atoms. The zero-order chi connectivity index (χ0) is 25.9. The van der Waals surface area contributed by atoms with Crippen molar-refractivity contribution in [2.75, 3.05) is 32.7 Å². The minimum atomic E-state index is -0.908. The fourth-order valence-corrected chi connectivity index (χ4v) is 5.92. The van der Waals surface area contributed by atoms with E-state index in [0.29, 0.717) is 29.4 Å². The molecule has 1 saturated heterocycles. The zero-order valence-corrected chi connectivity index (χ0v) is 21.5. The van der Waals surface area contributed by atoms with Crippen LogP contribution >= 0.6 is 0 Å². The van der Waals surface area contributed by atoms with Gasteiger partial charge < -0.3 is 14.7 Å². The lowest BCUT2D eigenvalue weighted by Crippen LogP contribution is -2.48. The van der Waals surface area contributed by atoms with Crippen LogP contribution in [0.25, 0.3) is 10.9 Å². The summed E-state index contributed by atoms with van der Waals surface area (Å²) in [6.07, 6.45) is 1.80. The molecule has 6 heteroatoms. The van der Waals surface area contributed by atoms with Crippen LogP contribution in [0.15, 0.2) is 78.9 Å². The highest BCUT2D eigenvalue weighted by atomic mass is 16.6. The van der Waals surface area contributed by atoms with E-state index in [1.165, 1.54) is 22.3 Å². The van der Waals surface area contributed by atoms with Crippen molar-refractivity contribution in [3.63, 3.8) is 0 Å². The fraction of sp³-hybridized carbons (Fsp3) is 0.312. The van der Waals surface area contributed by atoms with Crippen LogP contribution < -0.4 is 4.74 Å². The summed E-state index contributed by atoms with van der Waals surface area (Å²) < 4.78 is 5.90. The van der Waals surface area contributed by atoms with Crippen LogP contribution in [0.5, 0.6) is 5.75 Å². The molecular formula is C32H32N4O2. The fourth-order valence-electron chi connectivity index (χ4n) is 5.92. The molecule has 0 radical (unpaired) electrons. The molecule has 4 aromatic rings. The van der Waals surface area contributed by atoms with Crippen LogP contribution in [0, 0.1) is 11.3 Å². The molecular weight excluding hydrogens is 472 g/mol. The van der Waals surface area contributed by atoms with Crippen molar-refractivity contribution in [1.82, 2.24) is 14.8 Å². The van der Waals surface area contributed by atoms with Gasteiger partial charge in [0.2, 0.25) is 0 Å². The molecule has 3 aromatic carbocycles. The van der Waals surface area contributed by atoms with Gasteiger partial charge in [0, 0.05) is 44.5 Å². The first-order valence-corrected chi connectivity index (χ1v) is 13.5. The lowest BCUT2D eigenvalue weighted by Gasteiger charge is -2.40. The summed E-state index contributed by atoms with van der Waals surface area (Å²) in [6, 6.07) is 29.2. The molecule has 1 atom stereocenters. The molecule has 1 aliphatic heterocycles. The van der Waals surface area contributed by atoms with Crippen molar-refractivity contribution in [2.45, 2.75) is 31.6 Å². The van der Waals surface area contributed by atoms with Gasteiger partial charge >= 0.3 is 0 Å². The van der Waals surface area contributed by atoms with E-state index in [2.05, 4.69) is 69.4 Å². The molecule has 0 bridgehead atoms. The number of piperazine rings is 1. The van der Waals surface area contributed by atoms with Gasteiger partial charge in [0.05, 0.1) is 11.6 Å². The van der Waals surface area contributed by atoms with Crippen LogP contribution in [-0.4, -0.2) is 58.9 Å². The van der Waals surface area contributed by atoms with Gasteiger partial charge in [0.25, 0.3) is 0 Å². The monoisotopic (exact) mass is 504 g/mol. The summed E-state index contributed by atoms with van der Waals surface area (Å²) in [7, 11) is 0. The van der Waals surface area contributed by atoms with Gasteiger partial charge in [-0.15, -0.1) is 0 Å². The minimum Gasteiger partial charge on any atom is -0.464 e. The number of hydrogen-bond acceptors (Lipinski definition) is 6. The second-order valence-electron chi connectivity index (χ2n) is 10.2. The molecule has 2 heterocycles. The molecule has 0 amide bonds. The van der Waals surface area contributed by atoms with Crippen LogP contribution in [0.2, 0.25) is 0 Å². The Bertz CT molecular complexity index is 1420. The second kappa shape index (κ2) is 10.9. The third kappa shape index (κ3) is 5.01. The zero-order valence-electron chi connectivity index (χ0n) is 21.5. The van der Waals surface area contributed by atoms with Crippen molar-refractivity contribution in [2.24, 2.45) is 0 Å². The summed E-state index contributed by atoms with van der Waals surface area (Å²) >= 11 is 0. The van der Waals surface area contributed by atoms with Gasteiger partial charge in [-0.05, 0) is 59.4 Å². The average molecular weight is 505 g/mol. The van der Waals surface area contributed by atoms with E-state index < -0.39 is 6.29 Å². The molecule has 38 heavy (non-hydrogen) atoms. The average Bonchev–Trinajstić information content (AvgIpc) is 3.13. The Kier molecular flexibility index (Phi) is 7.06. The third-order valence-electron chi connectivity index (χ3n) is 7.90. The summed E-state index contributed by atoms with van der Waals surface area (Å²) in [5.74, 6) is 0.586. The third-order valence-corrected chi connectivity index (χ3v) is 7.90. The molecule has 1 aromatic heterocycles. The van der Waals surface area contributed by atoms with Crippen LogP contribution in [0.3, 0.4) is 0 Å². The quantitative estimate of drug-likeness (QED) is 0.384. The summed E-state index contributed by atoms with van der Waals surface area (Å²) in [6.45, 7) is 4.67. The first kappa shape index (κ1) is 24.6. The molecule has 0 saturated carbocycles. The number of rotatable bonds is 6. The van der Waals surface area contributed by atoms with Gasteiger partial charge in [-0.2, -0.15) is 5.26 Å². The molecule has 1 aliphatic carbocycles. The lowest BCUT2D eigenvalue weighted by atomic mass is 9.92. The number of ether oxygens (including phenoxy) is 1. The highest BCUT2D eigenvalue weighted by Crippen LogP contribution is 2.37. The van der Waals surface area contributed by atoms with Crippen LogP contribution in [0.1, 0.15) is 40.4 Å². The van der Waals surface area contributed by atoms with E-state index in [0.717, 1.165) is 51.0 Å². The highest BCUT2D eigenvalue weighted by molar-refractivity contribution is 5.85. The second-order valence-corrected chi connectivity index (χ2v) is 10.2. The number of aryl methyl sites for hydroxylation is 2. The Morgan fingerprint density at radius 3 is 2.24 bits per heavy atom. The van der Waals surface area contributed by atoms with Crippen molar-refractivity contribution in [3.8, 4) is 11.8 Å². The van der Waals surface area contributed by atoms with Crippen molar-refractivity contribution >= 4 is 10.9 Å². The molecule has 1 fully saturated rings. The Morgan fingerprint density at radius 2 is 1.55 bits per heavy atom. The van der Waals surface area contributed by atoms with Crippen LogP contribution in [0.4, 0.5) is 0 Å². The lowest BCUT2D eigenvalue weighted by molar-refractivity contribution is -0.0309. The SMILES string of the molecule is N#Cc1ccc2c(OC(O)CCN3CCN(C4c5ccccc5CCc5ccccc54)CC3)cccc2n1. The number of aliphatic hydroxyl groups excluding tert-OH is 1. The van der Waals surface area contributed by atoms with Gasteiger partial charge in [0.1, 0.15) is 17.5 Å². The van der Waals surface area contributed by atoms with E-state index in [1.54, 1.807) is 6.07 Å². The number of aliphatic hydroxyl groups is 1. The largest absolute Gasteiger partial charge is 0.464 e. The normalized spacial score (nSPS) is 17.3. The Hall–Kier alpha value is -3.76. The number of benzene rings is 3. The molecule has 2 aliphatic rings. The smallest absolute Gasteiger partial charge is 0.198 e. The molecule has 6 nitrogen and oxygen atoms in total. The van der Waals surface area contributed by atoms with Gasteiger partial charge in [-0.25, -0.2) is 4.98 Å². The molecule has 192 valence electrons. The number of fused-ring (bicyclic) bond motifs is 3. The number of pyridine rings is 1. The Labute approximate surface area is 223 Å². The maximum Gasteiger partial charge on any atom is 0.198 e. The molecule has 6 rings (SSSR count). The van der Waals surface area contributed by atoms with Gasteiger partial charge in [0.15, 0.2) is 6.29 Å². The van der Waals surface area contributed by atoms with Crippen molar-refractivity contribution in [1.29, 1.82) is 5.26 Å². The Morgan fingerprint density at radius 1 is 0.868 bits per heavy atom. The van der Waals surface area contributed by atoms with E-state index in [-0.39, 0.29) is 0 Å². The van der Waals surface area contributed by atoms with E-state index >= 15 is 0 Å². The maximum atomic E-state index is 10.7. The van der Waals surface area contributed by atoms with Crippen LogP contribution in [-0.2, 0) is 12.8 Å². The Balaban J connectivity index is 1.09. The highest BCUT2D eigenvalue weighted by Gasteiger charge is 2.30. The number of hydrogen-bond donors (Lipinski definition) is 1. The van der Waals surface area contributed by atoms with Gasteiger partial charge in [-0.1, -0.05) is 54.6 Å². The van der Waals surface area contributed by atoms with Crippen molar-refractivity contribution < 1.29 is 9.84 Å². The van der Waals surface area contributed by atoms with E-state index in [9.17, 15) is 5.11 Å². The first-order chi connectivity index (χ1) is 18.7. The maximum absolute atomic E-state index is 10.7. The summed E-state index contributed by atoms with van der Waals surface area (Å²) in [4.78, 5) is 9.37. The number of nitriles is 1. The predicted molar refractivity (Wildman–Crippen MR) is 148 cm³/mol. The topological polar surface area (TPSA) is 72.6 Å². The molecule has 1 unspecified atom stereocenters. The minimum absolute atomic E-state index is 0.294.